The van der Waals surface area contributed by atoms with E-state index in [2.05, 4.69) is 5.18 Å². The quantitative estimate of drug-likeness (QED) is 0.606. The summed E-state index contributed by atoms with van der Waals surface area (Å²) in [6.45, 7) is 1.38. The average Bonchev–Trinajstić information content (AvgIpc) is 2.30. The molecule has 0 amide bonds. The van der Waals surface area contributed by atoms with Gasteiger partial charge in [0.25, 0.3) is 0 Å². The molecule has 5 heteroatoms. The Morgan fingerprint density at radius 2 is 1.81 bits per heavy atom. The lowest BCUT2D eigenvalue weighted by molar-refractivity contribution is -0.151. The van der Waals surface area contributed by atoms with Gasteiger partial charge < -0.3 is 5.11 Å². The van der Waals surface area contributed by atoms with Gasteiger partial charge in [0.2, 0.25) is 5.78 Å². The predicted molar refractivity (Wildman–Crippen MR) is 56.8 cm³/mol. The Bertz CT molecular complexity index is 402. The van der Waals surface area contributed by atoms with Gasteiger partial charge in [0.15, 0.2) is 0 Å². The summed E-state index contributed by atoms with van der Waals surface area (Å²) < 4.78 is 0. The summed E-state index contributed by atoms with van der Waals surface area (Å²) in [4.78, 5) is 32.4. The summed E-state index contributed by atoms with van der Waals surface area (Å²) in [6, 6.07) is 7.48. The Kier molecular flexibility index (Phi) is 3.88. The molecule has 0 fully saturated rings. The molecule has 1 aromatic rings. The number of carbonyl (C=O) groups excluding carboxylic acids is 1. The first-order chi connectivity index (χ1) is 7.57. The number of carbonyl (C=O) groups is 2. The van der Waals surface area contributed by atoms with Crippen molar-refractivity contribution in [1.82, 2.24) is 0 Å². The minimum Gasteiger partial charge on any atom is -0.475 e. The highest BCUT2D eigenvalue weighted by Crippen LogP contribution is 2.26. The molecular formula is C11H11NO4. The molecule has 0 aliphatic rings. The van der Waals surface area contributed by atoms with Crippen molar-refractivity contribution in [3.8, 4) is 0 Å². The Morgan fingerprint density at radius 3 is 2.25 bits per heavy atom. The van der Waals surface area contributed by atoms with E-state index < -0.39 is 23.7 Å². The molecule has 0 radical (unpaired) electrons. The summed E-state index contributed by atoms with van der Waals surface area (Å²) in [5.41, 5.74) is 0.541. The van der Waals surface area contributed by atoms with Gasteiger partial charge in [-0.2, -0.15) is 4.91 Å². The van der Waals surface area contributed by atoms with Crippen LogP contribution < -0.4 is 0 Å². The fourth-order valence-electron chi connectivity index (χ4n) is 1.43. The third-order valence-electron chi connectivity index (χ3n) is 2.35. The van der Waals surface area contributed by atoms with Gasteiger partial charge in [-0.3, -0.25) is 4.79 Å². The second-order valence-electron chi connectivity index (χ2n) is 3.42. The van der Waals surface area contributed by atoms with E-state index in [0.29, 0.717) is 5.56 Å². The highest BCUT2D eigenvalue weighted by atomic mass is 16.4. The first-order valence-corrected chi connectivity index (χ1v) is 4.72. The van der Waals surface area contributed by atoms with Crippen molar-refractivity contribution in [2.24, 2.45) is 11.1 Å². The van der Waals surface area contributed by atoms with Crippen LogP contribution in [0.1, 0.15) is 18.5 Å². The molecule has 0 saturated carbocycles. The SMILES string of the molecule is CC(C(=O)C(=O)O)C(N=O)c1ccccc1. The third kappa shape index (κ3) is 2.50. The molecule has 1 rings (SSSR count). The molecule has 0 bridgehead atoms. The smallest absolute Gasteiger partial charge is 0.372 e. The van der Waals surface area contributed by atoms with Crippen LogP contribution >= 0.6 is 0 Å². The standard InChI is InChI=1S/C11H11NO4/c1-7(10(13)11(14)15)9(12-16)8-5-3-2-4-6-8/h2-7,9H,1H3,(H,14,15). The van der Waals surface area contributed by atoms with Crippen LogP contribution in [0.3, 0.4) is 0 Å². The van der Waals surface area contributed by atoms with Crippen molar-refractivity contribution < 1.29 is 14.7 Å². The molecule has 5 nitrogen and oxygen atoms in total. The van der Waals surface area contributed by atoms with Crippen LogP contribution in [0.15, 0.2) is 35.5 Å². The van der Waals surface area contributed by atoms with Gasteiger partial charge in [-0.05, 0) is 5.56 Å². The maximum Gasteiger partial charge on any atom is 0.372 e. The lowest BCUT2D eigenvalue weighted by Crippen LogP contribution is -2.25. The lowest BCUT2D eigenvalue weighted by Gasteiger charge is -2.14. The fraction of sp³-hybridized carbons (Fsp3) is 0.273. The monoisotopic (exact) mass is 221 g/mol. The highest BCUT2D eigenvalue weighted by Gasteiger charge is 2.30. The summed E-state index contributed by atoms with van der Waals surface area (Å²) in [7, 11) is 0. The molecule has 2 atom stereocenters. The van der Waals surface area contributed by atoms with Crippen LogP contribution in [-0.2, 0) is 9.59 Å². The minimum atomic E-state index is -1.54. The van der Waals surface area contributed by atoms with E-state index in [9.17, 15) is 14.5 Å². The van der Waals surface area contributed by atoms with E-state index in [0.717, 1.165) is 0 Å². The van der Waals surface area contributed by atoms with Crippen molar-refractivity contribution in [3.63, 3.8) is 0 Å². The van der Waals surface area contributed by atoms with Crippen molar-refractivity contribution >= 4 is 11.8 Å². The van der Waals surface area contributed by atoms with E-state index in [1.807, 2.05) is 0 Å². The van der Waals surface area contributed by atoms with Gasteiger partial charge in [0, 0.05) is 0 Å². The van der Waals surface area contributed by atoms with Gasteiger partial charge in [-0.15, -0.1) is 0 Å². The fourth-order valence-corrected chi connectivity index (χ4v) is 1.43. The molecule has 0 aliphatic carbocycles. The molecule has 0 heterocycles. The van der Waals surface area contributed by atoms with Gasteiger partial charge >= 0.3 is 5.97 Å². The minimum absolute atomic E-state index is 0.541. The van der Waals surface area contributed by atoms with Gasteiger partial charge in [-0.25, -0.2) is 4.79 Å². The maximum atomic E-state index is 11.2. The predicted octanol–water partition coefficient (Wildman–Crippen LogP) is 1.78. The van der Waals surface area contributed by atoms with E-state index in [-0.39, 0.29) is 0 Å². The van der Waals surface area contributed by atoms with Crippen LogP contribution in [0.25, 0.3) is 0 Å². The molecule has 1 aromatic carbocycles. The topological polar surface area (TPSA) is 83.8 Å². The van der Waals surface area contributed by atoms with Crippen molar-refractivity contribution in [1.29, 1.82) is 0 Å². The van der Waals surface area contributed by atoms with Gasteiger partial charge in [0.1, 0.15) is 6.04 Å². The molecule has 0 aliphatic heterocycles. The van der Waals surface area contributed by atoms with Crippen molar-refractivity contribution in [2.45, 2.75) is 13.0 Å². The number of Topliss-reactive ketones (excluding diaryl/α,β-unsaturated/α-hetero) is 1. The van der Waals surface area contributed by atoms with E-state index >= 15 is 0 Å². The largest absolute Gasteiger partial charge is 0.475 e. The molecule has 0 spiro atoms. The zero-order valence-corrected chi connectivity index (χ0v) is 8.66. The first-order valence-electron chi connectivity index (χ1n) is 4.72. The molecule has 1 N–H and O–H groups in total. The Morgan fingerprint density at radius 1 is 1.25 bits per heavy atom. The lowest BCUT2D eigenvalue weighted by atomic mass is 9.92. The van der Waals surface area contributed by atoms with E-state index in [1.165, 1.54) is 6.92 Å². The number of ketones is 1. The normalized spacial score (nSPS) is 13.8. The number of benzene rings is 1. The average molecular weight is 221 g/mol. The summed E-state index contributed by atoms with van der Waals surface area (Å²) in [5.74, 6) is -3.51. The zero-order chi connectivity index (χ0) is 12.1. The van der Waals surface area contributed by atoms with Gasteiger partial charge in [0.05, 0.1) is 5.92 Å². The first kappa shape index (κ1) is 12.0. The van der Waals surface area contributed by atoms with Crippen molar-refractivity contribution in [2.75, 3.05) is 0 Å². The molecule has 2 unspecified atom stereocenters. The molecule has 16 heavy (non-hydrogen) atoms. The summed E-state index contributed by atoms with van der Waals surface area (Å²) >= 11 is 0. The molecular weight excluding hydrogens is 210 g/mol. The maximum absolute atomic E-state index is 11.2. The number of nitrogens with zero attached hydrogens (tertiary/aromatic N) is 1. The Balaban J connectivity index is 2.96. The van der Waals surface area contributed by atoms with Crippen LogP contribution in [0.4, 0.5) is 0 Å². The number of carboxylic acid groups (broad SMARTS) is 1. The Hall–Kier alpha value is -2.04. The molecule has 0 saturated heterocycles. The highest BCUT2D eigenvalue weighted by molar-refractivity contribution is 6.33. The van der Waals surface area contributed by atoms with Crippen LogP contribution in [-0.4, -0.2) is 16.9 Å². The number of nitroso groups, excluding NO2 is 1. The molecule has 0 aromatic heterocycles. The van der Waals surface area contributed by atoms with Crippen LogP contribution in [0, 0.1) is 10.8 Å². The molecule has 84 valence electrons. The van der Waals surface area contributed by atoms with Crippen LogP contribution in [0.5, 0.6) is 0 Å². The zero-order valence-electron chi connectivity index (χ0n) is 8.66. The number of aliphatic carboxylic acids is 1. The number of rotatable bonds is 5. The van der Waals surface area contributed by atoms with Gasteiger partial charge in [-0.1, -0.05) is 42.4 Å². The van der Waals surface area contributed by atoms with Crippen molar-refractivity contribution in [3.05, 3.63) is 40.8 Å². The summed E-state index contributed by atoms with van der Waals surface area (Å²) in [5, 5.41) is 11.4. The van der Waals surface area contributed by atoms with E-state index in [1.54, 1.807) is 30.3 Å². The summed E-state index contributed by atoms with van der Waals surface area (Å²) in [6.07, 6.45) is 0. The number of hydrogen-bond acceptors (Lipinski definition) is 4. The second kappa shape index (κ2) is 5.16. The van der Waals surface area contributed by atoms with Crippen LogP contribution in [0.2, 0.25) is 0 Å². The van der Waals surface area contributed by atoms with E-state index in [4.69, 9.17) is 5.11 Å². The second-order valence-corrected chi connectivity index (χ2v) is 3.42. The number of carboxylic acids is 1. The Labute approximate surface area is 92.1 Å². The number of hydrogen-bond donors (Lipinski definition) is 1. The third-order valence-corrected chi connectivity index (χ3v) is 2.35.